The molecule has 4 rings (SSSR count). The van der Waals surface area contributed by atoms with Crippen LogP contribution in [0, 0.1) is 6.92 Å². The summed E-state index contributed by atoms with van der Waals surface area (Å²) < 4.78 is 13.8. The summed E-state index contributed by atoms with van der Waals surface area (Å²) in [6.45, 7) is 8.98. The number of nitrogens with one attached hydrogen (secondary N) is 1. The summed E-state index contributed by atoms with van der Waals surface area (Å²) in [4.78, 5) is 11.6. The second kappa shape index (κ2) is 11.1. The van der Waals surface area contributed by atoms with E-state index in [2.05, 4.69) is 32.1 Å². The number of aromatic nitrogens is 5. The molecule has 0 saturated carbocycles. The highest BCUT2D eigenvalue weighted by Gasteiger charge is 2.23. The number of aliphatic hydroxyl groups is 1. The van der Waals surface area contributed by atoms with Crippen molar-refractivity contribution in [3.63, 3.8) is 0 Å². The molecule has 2 unspecified atom stereocenters. The van der Waals surface area contributed by atoms with Gasteiger partial charge in [0.15, 0.2) is 5.88 Å². The van der Waals surface area contributed by atoms with E-state index in [9.17, 15) is 5.11 Å². The molecule has 198 valence electrons. The molecule has 0 aliphatic carbocycles. The first-order valence-electron chi connectivity index (χ1n) is 12.4. The average Bonchev–Trinajstić information content (AvgIpc) is 3.40. The van der Waals surface area contributed by atoms with E-state index >= 15 is 0 Å². The van der Waals surface area contributed by atoms with Gasteiger partial charge in [0, 0.05) is 25.0 Å². The Labute approximate surface area is 216 Å². The third-order valence-corrected chi connectivity index (χ3v) is 6.44. The predicted molar refractivity (Wildman–Crippen MR) is 144 cm³/mol. The van der Waals surface area contributed by atoms with Crippen LogP contribution in [-0.2, 0) is 11.8 Å². The van der Waals surface area contributed by atoms with Crippen molar-refractivity contribution >= 4 is 22.7 Å². The van der Waals surface area contributed by atoms with Crippen LogP contribution in [0.15, 0.2) is 34.8 Å². The molecule has 2 atom stereocenters. The van der Waals surface area contributed by atoms with Crippen LogP contribution >= 0.6 is 0 Å². The number of nitrogens with zero attached hydrogens (tertiary/aromatic N) is 6. The van der Waals surface area contributed by atoms with E-state index in [1.807, 2.05) is 53.1 Å². The number of allylic oxidation sites excluding steroid dienone is 1. The number of aliphatic imine (C=N–C) groups is 1. The highest BCUT2D eigenvalue weighted by molar-refractivity contribution is 6.05. The predicted octanol–water partition coefficient (Wildman–Crippen LogP) is 2.42. The quantitative estimate of drug-likeness (QED) is 0.457. The molecule has 0 radical (unpaired) electrons. The Morgan fingerprint density at radius 3 is 2.89 bits per heavy atom. The van der Waals surface area contributed by atoms with Gasteiger partial charge >= 0.3 is 0 Å². The average molecular weight is 509 g/mol. The molecule has 11 heteroatoms. The summed E-state index contributed by atoms with van der Waals surface area (Å²) in [7, 11) is 3.87. The van der Waals surface area contributed by atoms with Crippen LogP contribution in [0.4, 0.5) is 0 Å². The Morgan fingerprint density at radius 2 is 2.16 bits per heavy atom. The molecule has 0 spiro atoms. The van der Waals surface area contributed by atoms with Gasteiger partial charge in [-0.15, -0.1) is 0 Å². The summed E-state index contributed by atoms with van der Waals surface area (Å²) in [5, 5.41) is 22.8. The van der Waals surface area contributed by atoms with Crippen LogP contribution in [0.5, 0.6) is 5.88 Å². The van der Waals surface area contributed by atoms with Crippen molar-refractivity contribution in [2.75, 3.05) is 33.4 Å². The molecular formula is C26H36N8O3. The third-order valence-electron chi connectivity index (χ3n) is 6.44. The second-order valence-corrected chi connectivity index (χ2v) is 9.34. The maximum Gasteiger partial charge on any atom is 0.221 e. The smallest absolute Gasteiger partial charge is 0.221 e. The lowest BCUT2D eigenvalue weighted by Crippen LogP contribution is -2.39. The number of likely N-dealkylation sites (N-methyl/N-ethyl adjacent to an activating group) is 1. The molecular weight excluding hydrogens is 472 g/mol. The lowest BCUT2D eigenvalue weighted by atomic mass is 10.1. The van der Waals surface area contributed by atoms with E-state index in [1.54, 1.807) is 10.9 Å². The Bertz CT molecular complexity index is 1350. The van der Waals surface area contributed by atoms with Crippen molar-refractivity contribution in [2.24, 2.45) is 17.8 Å². The van der Waals surface area contributed by atoms with E-state index in [-0.39, 0.29) is 24.6 Å². The molecule has 3 aromatic heterocycles. The molecule has 0 amide bonds. The van der Waals surface area contributed by atoms with Crippen molar-refractivity contribution in [1.29, 1.82) is 0 Å². The Hall–Kier alpha value is -3.70. The molecule has 37 heavy (non-hydrogen) atoms. The molecule has 4 N–H and O–H groups in total. The molecule has 1 aliphatic heterocycles. The standard InChI is InChI=1S/C26H36N8O3/c1-7-36-25(27)18-8-9-20-19-10-21(28-11-22(19)31-30-20)24-17(4)32-34(6)26(24)37-14-16(3)33(5)12-23(18)29-15(2)13-35/h8-11,15-16,35H,7,12-14,27H2,1-6H3,(H,30,31)/b9-8+,25-18+,29-23?. The zero-order valence-electron chi connectivity index (χ0n) is 22.3. The summed E-state index contributed by atoms with van der Waals surface area (Å²) in [5.74, 6) is 0.921. The van der Waals surface area contributed by atoms with Crippen molar-refractivity contribution in [3.8, 4) is 17.1 Å². The van der Waals surface area contributed by atoms with Gasteiger partial charge in [0.1, 0.15) is 6.61 Å². The lowest BCUT2D eigenvalue weighted by molar-refractivity contribution is 0.179. The summed E-state index contributed by atoms with van der Waals surface area (Å²) in [5.41, 5.74) is 11.7. The number of H-pyrrole nitrogens is 1. The maximum absolute atomic E-state index is 9.73. The Kier molecular flexibility index (Phi) is 7.94. The van der Waals surface area contributed by atoms with E-state index in [4.69, 9.17) is 20.2 Å². The number of aryl methyl sites for hydroxylation is 2. The molecule has 3 aromatic rings. The van der Waals surface area contributed by atoms with Gasteiger partial charge in [0.2, 0.25) is 5.88 Å². The number of hydrogen-bond donors (Lipinski definition) is 3. The monoisotopic (exact) mass is 508 g/mol. The van der Waals surface area contributed by atoms with Gasteiger partial charge in [-0.25, -0.2) is 4.68 Å². The van der Waals surface area contributed by atoms with Crippen LogP contribution in [0.2, 0.25) is 0 Å². The molecule has 4 heterocycles. The van der Waals surface area contributed by atoms with Gasteiger partial charge in [-0.1, -0.05) is 0 Å². The number of fused-ring (bicyclic) bond motifs is 3. The van der Waals surface area contributed by atoms with Crippen LogP contribution in [-0.4, -0.2) is 86.2 Å². The van der Waals surface area contributed by atoms with Gasteiger partial charge in [-0.3, -0.25) is 20.0 Å². The highest BCUT2D eigenvalue weighted by Crippen LogP contribution is 2.34. The van der Waals surface area contributed by atoms with Gasteiger partial charge in [-0.2, -0.15) is 10.2 Å². The number of aromatic amines is 1. The molecule has 11 nitrogen and oxygen atoms in total. The fourth-order valence-electron chi connectivity index (χ4n) is 4.24. The SMILES string of the molecule is CCO/C(N)=C1\C=C\c2n[nH]c3cnc(cc23)-c2c(C)nn(C)c2OCC(C)N(C)CC1=NC(C)CO. The van der Waals surface area contributed by atoms with E-state index in [1.165, 1.54) is 0 Å². The van der Waals surface area contributed by atoms with Crippen molar-refractivity contribution < 1.29 is 14.6 Å². The molecule has 0 saturated heterocycles. The maximum atomic E-state index is 9.73. The first-order chi connectivity index (χ1) is 17.7. The van der Waals surface area contributed by atoms with Gasteiger partial charge in [0.05, 0.1) is 64.9 Å². The largest absolute Gasteiger partial charge is 0.479 e. The molecule has 0 fully saturated rings. The van der Waals surface area contributed by atoms with Gasteiger partial charge in [-0.05, 0) is 53.0 Å². The van der Waals surface area contributed by atoms with Gasteiger partial charge in [0.25, 0.3) is 0 Å². The lowest BCUT2D eigenvalue weighted by Gasteiger charge is -2.26. The van der Waals surface area contributed by atoms with Crippen LogP contribution < -0.4 is 10.5 Å². The number of nitrogens with two attached hydrogens (primary N) is 1. The fraction of sp³-hybridized carbons (Fsp3) is 0.462. The van der Waals surface area contributed by atoms with Crippen LogP contribution in [0.25, 0.3) is 28.2 Å². The highest BCUT2D eigenvalue weighted by atomic mass is 16.5. The van der Waals surface area contributed by atoms with E-state index in [0.717, 1.165) is 33.5 Å². The van der Waals surface area contributed by atoms with Gasteiger partial charge < -0.3 is 20.3 Å². The minimum atomic E-state index is -0.310. The first kappa shape index (κ1) is 26.4. The minimum Gasteiger partial charge on any atom is -0.479 e. The van der Waals surface area contributed by atoms with Crippen molar-refractivity contribution in [3.05, 3.63) is 41.2 Å². The number of pyridine rings is 1. The number of rotatable bonds is 4. The van der Waals surface area contributed by atoms with Crippen LogP contribution in [0.1, 0.15) is 32.2 Å². The van der Waals surface area contributed by atoms with E-state index in [0.29, 0.717) is 36.9 Å². The summed E-state index contributed by atoms with van der Waals surface area (Å²) >= 11 is 0. The number of aliphatic hydroxyl groups excluding tert-OH is 1. The second-order valence-electron chi connectivity index (χ2n) is 9.34. The topological polar surface area (TPSA) is 140 Å². The molecule has 1 aliphatic rings. The minimum absolute atomic E-state index is 0.0208. The zero-order valence-corrected chi connectivity index (χ0v) is 22.3. The fourth-order valence-corrected chi connectivity index (χ4v) is 4.24. The Balaban J connectivity index is 1.93. The van der Waals surface area contributed by atoms with Crippen molar-refractivity contribution in [1.82, 2.24) is 29.9 Å². The molecule has 0 aromatic carbocycles. The third kappa shape index (κ3) is 5.52. The number of ether oxygens (including phenoxy) is 2. The zero-order chi connectivity index (χ0) is 26.7. The molecule has 2 bridgehead atoms. The Morgan fingerprint density at radius 1 is 1.38 bits per heavy atom. The summed E-state index contributed by atoms with van der Waals surface area (Å²) in [6.07, 6.45) is 5.53. The van der Waals surface area contributed by atoms with Crippen molar-refractivity contribution in [2.45, 2.75) is 39.8 Å². The summed E-state index contributed by atoms with van der Waals surface area (Å²) in [6, 6.07) is 1.70. The number of hydrogen-bond acceptors (Lipinski definition) is 9. The van der Waals surface area contributed by atoms with Crippen LogP contribution in [0.3, 0.4) is 0 Å². The van der Waals surface area contributed by atoms with E-state index < -0.39 is 0 Å². The first-order valence-corrected chi connectivity index (χ1v) is 12.4. The normalized spacial score (nSPS) is 21.3.